The summed E-state index contributed by atoms with van der Waals surface area (Å²) in [4.78, 5) is 17.1. The number of Topliss-reactive ketones (excluding diaryl/α,β-unsaturated/α-hetero) is 1. The van der Waals surface area contributed by atoms with Crippen molar-refractivity contribution in [3.05, 3.63) is 53.2 Å². The Balaban J connectivity index is 1.98. The van der Waals surface area contributed by atoms with Crippen molar-refractivity contribution in [3.8, 4) is 0 Å². The molecular formula is C17H18N2O2. The summed E-state index contributed by atoms with van der Waals surface area (Å²) in [5.41, 5.74) is 2.66. The van der Waals surface area contributed by atoms with E-state index >= 15 is 0 Å². The fraction of sp³-hybridized carbons (Fsp3) is 0.294. The molecule has 3 aromatic rings. The lowest BCUT2D eigenvalue weighted by molar-refractivity contribution is 0.0988. The number of benzene rings is 1. The Bertz CT molecular complexity index is 811. The van der Waals surface area contributed by atoms with Crippen LogP contribution in [0.1, 0.15) is 34.6 Å². The molecule has 0 radical (unpaired) electrons. The summed E-state index contributed by atoms with van der Waals surface area (Å²) < 4.78 is 7.53. The minimum atomic E-state index is 0.0503. The van der Waals surface area contributed by atoms with E-state index in [0.717, 1.165) is 29.2 Å². The average Bonchev–Trinajstić information content (AvgIpc) is 2.97. The summed E-state index contributed by atoms with van der Waals surface area (Å²) in [6, 6.07) is 9.77. The zero-order valence-corrected chi connectivity index (χ0v) is 12.5. The van der Waals surface area contributed by atoms with Crippen LogP contribution in [0.4, 0.5) is 0 Å². The molecule has 2 aromatic heterocycles. The first-order chi connectivity index (χ1) is 10.1. The quantitative estimate of drug-likeness (QED) is 0.686. The van der Waals surface area contributed by atoms with Gasteiger partial charge < -0.3 is 8.98 Å². The van der Waals surface area contributed by atoms with E-state index in [-0.39, 0.29) is 5.78 Å². The van der Waals surface area contributed by atoms with Gasteiger partial charge in [-0.3, -0.25) is 4.79 Å². The highest BCUT2D eigenvalue weighted by atomic mass is 16.3. The molecule has 0 saturated heterocycles. The number of para-hydroxylation sites is 2. The smallest absolute Gasteiger partial charge is 0.173 e. The van der Waals surface area contributed by atoms with E-state index in [9.17, 15) is 4.79 Å². The third kappa shape index (κ3) is 2.37. The molecule has 0 aliphatic heterocycles. The zero-order valence-electron chi connectivity index (χ0n) is 12.5. The number of imidazole rings is 1. The zero-order chi connectivity index (χ0) is 15.0. The van der Waals surface area contributed by atoms with Gasteiger partial charge in [-0.05, 0) is 39.0 Å². The molecule has 0 unspecified atom stereocenters. The number of hydrogen-bond acceptors (Lipinski definition) is 3. The second-order valence-corrected chi connectivity index (χ2v) is 5.19. The number of furan rings is 1. The van der Waals surface area contributed by atoms with Gasteiger partial charge in [0.15, 0.2) is 5.78 Å². The Morgan fingerprint density at radius 1 is 1.29 bits per heavy atom. The van der Waals surface area contributed by atoms with Crippen molar-refractivity contribution in [1.29, 1.82) is 0 Å². The molecule has 0 atom stereocenters. The van der Waals surface area contributed by atoms with E-state index in [4.69, 9.17) is 4.42 Å². The highest BCUT2D eigenvalue weighted by molar-refractivity contribution is 5.98. The molecule has 0 saturated carbocycles. The van der Waals surface area contributed by atoms with E-state index in [1.165, 1.54) is 0 Å². The van der Waals surface area contributed by atoms with Crippen LogP contribution in [0.2, 0.25) is 0 Å². The third-order valence-corrected chi connectivity index (χ3v) is 3.71. The van der Waals surface area contributed by atoms with Gasteiger partial charge in [0.25, 0.3) is 0 Å². The van der Waals surface area contributed by atoms with E-state index in [2.05, 4.69) is 16.5 Å². The van der Waals surface area contributed by atoms with Gasteiger partial charge in [-0.1, -0.05) is 12.1 Å². The number of aryl methyl sites for hydroxylation is 3. The Morgan fingerprint density at radius 2 is 2.05 bits per heavy atom. The maximum absolute atomic E-state index is 12.5. The lowest BCUT2D eigenvalue weighted by Crippen LogP contribution is -2.10. The van der Waals surface area contributed by atoms with Crippen LogP contribution in [0, 0.1) is 13.8 Å². The number of hydrogen-bond donors (Lipinski definition) is 0. The maximum atomic E-state index is 12.5. The molecule has 0 spiro atoms. The van der Waals surface area contributed by atoms with Gasteiger partial charge in [0.1, 0.15) is 17.3 Å². The number of carbonyl (C=O) groups is 1. The van der Waals surface area contributed by atoms with Crippen LogP contribution >= 0.6 is 0 Å². The summed E-state index contributed by atoms with van der Waals surface area (Å²) in [6.45, 7) is 6.54. The monoisotopic (exact) mass is 282 g/mol. The van der Waals surface area contributed by atoms with E-state index in [0.29, 0.717) is 17.7 Å². The van der Waals surface area contributed by atoms with Crippen molar-refractivity contribution in [3.63, 3.8) is 0 Å². The maximum Gasteiger partial charge on any atom is 0.173 e. The van der Waals surface area contributed by atoms with Gasteiger partial charge in [0.05, 0.1) is 23.0 Å². The van der Waals surface area contributed by atoms with Gasteiger partial charge in [-0.15, -0.1) is 0 Å². The van der Waals surface area contributed by atoms with E-state index in [1.54, 1.807) is 6.07 Å². The predicted molar refractivity (Wildman–Crippen MR) is 81.6 cm³/mol. The Kier molecular flexibility index (Phi) is 3.37. The Hall–Kier alpha value is -2.36. The average molecular weight is 282 g/mol. The van der Waals surface area contributed by atoms with Crippen LogP contribution in [0.3, 0.4) is 0 Å². The van der Waals surface area contributed by atoms with Crippen molar-refractivity contribution >= 4 is 16.8 Å². The number of ketones is 1. The number of fused-ring (bicyclic) bond motifs is 1. The van der Waals surface area contributed by atoms with Crippen molar-refractivity contribution in [2.45, 2.75) is 33.7 Å². The first-order valence-electron chi connectivity index (χ1n) is 7.14. The second-order valence-electron chi connectivity index (χ2n) is 5.19. The van der Waals surface area contributed by atoms with Crippen LogP contribution in [0.15, 0.2) is 34.7 Å². The van der Waals surface area contributed by atoms with E-state index in [1.807, 2.05) is 38.1 Å². The molecule has 21 heavy (non-hydrogen) atoms. The Labute approximate surface area is 123 Å². The third-order valence-electron chi connectivity index (χ3n) is 3.71. The Morgan fingerprint density at radius 3 is 2.71 bits per heavy atom. The highest BCUT2D eigenvalue weighted by Crippen LogP contribution is 2.20. The molecule has 0 fully saturated rings. The van der Waals surface area contributed by atoms with Gasteiger partial charge in [-0.2, -0.15) is 0 Å². The van der Waals surface area contributed by atoms with Gasteiger partial charge >= 0.3 is 0 Å². The number of rotatable bonds is 4. The van der Waals surface area contributed by atoms with Crippen molar-refractivity contribution in [2.75, 3.05) is 0 Å². The second kappa shape index (κ2) is 5.20. The molecule has 1 aromatic carbocycles. The number of carbonyl (C=O) groups excluding carboxylic acids is 1. The SMILES string of the molecule is CCn1c(CC(=O)c2cc(C)oc2C)nc2ccccc21. The highest BCUT2D eigenvalue weighted by Gasteiger charge is 2.18. The summed E-state index contributed by atoms with van der Waals surface area (Å²) in [6.07, 6.45) is 0.294. The van der Waals surface area contributed by atoms with Crippen LogP contribution in [-0.4, -0.2) is 15.3 Å². The molecule has 0 bridgehead atoms. The predicted octanol–water partition coefficient (Wildman–Crippen LogP) is 3.69. The molecule has 0 aliphatic rings. The minimum Gasteiger partial charge on any atom is -0.466 e. The molecule has 0 aliphatic carbocycles. The molecule has 4 nitrogen and oxygen atoms in total. The standard InChI is InChI=1S/C17H18N2O2/c1-4-19-15-8-6-5-7-14(15)18-17(19)10-16(20)13-9-11(2)21-12(13)3/h5-9H,4,10H2,1-3H3. The summed E-state index contributed by atoms with van der Waals surface area (Å²) in [5.74, 6) is 2.30. The molecule has 108 valence electrons. The first kappa shape index (κ1) is 13.6. The number of aromatic nitrogens is 2. The van der Waals surface area contributed by atoms with Crippen LogP contribution < -0.4 is 0 Å². The topological polar surface area (TPSA) is 48.0 Å². The molecule has 3 rings (SSSR count). The summed E-state index contributed by atoms with van der Waals surface area (Å²) in [5, 5.41) is 0. The lowest BCUT2D eigenvalue weighted by atomic mass is 10.1. The van der Waals surface area contributed by atoms with Crippen LogP contribution in [0.5, 0.6) is 0 Å². The largest absolute Gasteiger partial charge is 0.466 e. The molecule has 2 heterocycles. The molecule has 4 heteroatoms. The molecule has 0 amide bonds. The van der Waals surface area contributed by atoms with Gasteiger partial charge in [0, 0.05) is 6.54 Å². The van der Waals surface area contributed by atoms with Crippen LogP contribution in [-0.2, 0) is 13.0 Å². The van der Waals surface area contributed by atoms with Gasteiger partial charge in [-0.25, -0.2) is 4.98 Å². The molecular weight excluding hydrogens is 264 g/mol. The molecule has 0 N–H and O–H groups in total. The van der Waals surface area contributed by atoms with Crippen molar-refractivity contribution in [2.24, 2.45) is 0 Å². The normalized spacial score (nSPS) is 11.2. The van der Waals surface area contributed by atoms with Crippen molar-refractivity contribution in [1.82, 2.24) is 9.55 Å². The fourth-order valence-electron chi connectivity index (χ4n) is 2.76. The lowest BCUT2D eigenvalue weighted by Gasteiger charge is -2.05. The first-order valence-corrected chi connectivity index (χ1v) is 7.14. The van der Waals surface area contributed by atoms with Crippen LogP contribution in [0.25, 0.3) is 11.0 Å². The van der Waals surface area contributed by atoms with E-state index < -0.39 is 0 Å². The number of nitrogens with zero attached hydrogens (tertiary/aromatic N) is 2. The van der Waals surface area contributed by atoms with Crippen molar-refractivity contribution < 1.29 is 9.21 Å². The minimum absolute atomic E-state index is 0.0503. The summed E-state index contributed by atoms with van der Waals surface area (Å²) in [7, 11) is 0. The fourth-order valence-corrected chi connectivity index (χ4v) is 2.76. The summed E-state index contributed by atoms with van der Waals surface area (Å²) >= 11 is 0. The van der Waals surface area contributed by atoms with Gasteiger partial charge in [0.2, 0.25) is 0 Å².